The maximum absolute atomic E-state index is 12.8. The zero-order chi connectivity index (χ0) is 44.1. The fraction of sp³-hybridized carbons (Fsp3) is 0.389. The van der Waals surface area contributed by atoms with E-state index in [0.29, 0.717) is 34.6 Å². The Morgan fingerprint density at radius 2 is 1.02 bits per heavy atom. The van der Waals surface area contributed by atoms with E-state index in [1.54, 1.807) is 64.7 Å². The summed E-state index contributed by atoms with van der Waals surface area (Å²) in [7, 11) is 5.63. The number of methoxy groups -OCH3 is 2. The number of alkyl halides is 6. The number of halogens is 6. The van der Waals surface area contributed by atoms with Crippen LogP contribution in [-0.4, -0.2) is 75.8 Å². The Morgan fingerprint density at radius 3 is 1.33 bits per heavy atom. The van der Waals surface area contributed by atoms with Crippen molar-refractivity contribution in [2.45, 2.75) is 64.3 Å². The first-order valence-corrected chi connectivity index (χ1v) is 17.7. The minimum absolute atomic E-state index is 0.0923. The molecule has 2 amide bonds. The molecule has 6 aromatic rings. The number of carbonyl (C=O) groups is 2. The van der Waals surface area contributed by atoms with Crippen LogP contribution < -0.4 is 10.6 Å². The first kappa shape index (κ1) is 44.5. The van der Waals surface area contributed by atoms with Gasteiger partial charge in [0.25, 0.3) is 11.8 Å². The normalized spacial score (nSPS) is 13.8. The SMILES string of the molecule is CO[C@@H](C)c1cc(-c2noc([C@H](C)NC(=O)c3cc(C(F)(F)F)nn3C)n2)ccn1.CO[C@H](C)c1cc(-c2noc([C@H](C)NC(=O)c3cc(C(F)(F)F)nn3C)n2)ccn1. The maximum Gasteiger partial charge on any atom is 0.435 e. The molecule has 60 heavy (non-hydrogen) atoms. The number of nitrogens with zero attached hydrogens (tertiary/aromatic N) is 10. The standard InChI is InChI=1S/2C18H19F3N6O3/c2*1-9(23-16(28)13-8-14(18(19,20)21)25-27(13)3)17-24-15(26-30-17)11-5-6-22-12(7-11)10(2)29-4/h2*5-10H,1-4H3,(H,23,28)/t9-,10+;9-,10-/m00/s1. The zero-order valence-corrected chi connectivity index (χ0v) is 33.1. The molecule has 18 nitrogen and oxygen atoms in total. The third-order valence-electron chi connectivity index (χ3n) is 8.74. The van der Waals surface area contributed by atoms with Crippen LogP contribution in [0, 0.1) is 0 Å². The molecule has 0 spiro atoms. The van der Waals surface area contributed by atoms with Gasteiger partial charge in [-0.25, -0.2) is 0 Å². The molecule has 0 aliphatic carbocycles. The Hall–Kier alpha value is -6.56. The molecule has 0 saturated heterocycles. The van der Waals surface area contributed by atoms with Crippen molar-refractivity contribution >= 4 is 11.8 Å². The van der Waals surface area contributed by atoms with Crippen molar-refractivity contribution in [1.82, 2.24) is 60.4 Å². The molecule has 4 atom stereocenters. The minimum atomic E-state index is -4.65. The molecule has 0 bridgehead atoms. The largest absolute Gasteiger partial charge is 0.435 e. The average Bonchev–Trinajstić information content (AvgIpc) is 4.04. The molecular formula is C36H38F6N12O6. The first-order valence-electron chi connectivity index (χ1n) is 17.7. The Morgan fingerprint density at radius 1 is 0.650 bits per heavy atom. The first-order chi connectivity index (χ1) is 28.2. The number of aryl methyl sites for hydroxylation is 2. The highest BCUT2D eigenvalue weighted by Gasteiger charge is 2.37. The Bertz CT molecular complexity index is 2260. The number of hydrogen-bond acceptors (Lipinski definition) is 14. The number of hydrogen-bond donors (Lipinski definition) is 2. The van der Waals surface area contributed by atoms with Crippen LogP contribution in [-0.2, 0) is 35.9 Å². The van der Waals surface area contributed by atoms with E-state index >= 15 is 0 Å². The molecule has 24 heteroatoms. The van der Waals surface area contributed by atoms with Gasteiger partial charge in [0.15, 0.2) is 11.4 Å². The third-order valence-corrected chi connectivity index (χ3v) is 8.74. The molecule has 0 unspecified atom stereocenters. The molecule has 0 aliphatic rings. The molecule has 2 N–H and O–H groups in total. The lowest BCUT2D eigenvalue weighted by Crippen LogP contribution is -2.28. The van der Waals surface area contributed by atoms with Crippen molar-refractivity contribution < 1.29 is 54.5 Å². The molecule has 0 fully saturated rings. The fourth-order valence-corrected chi connectivity index (χ4v) is 5.22. The number of ether oxygens (including phenoxy) is 2. The molecule has 0 saturated carbocycles. The Balaban J connectivity index is 0.000000228. The van der Waals surface area contributed by atoms with E-state index in [1.807, 2.05) is 13.8 Å². The smallest absolute Gasteiger partial charge is 0.375 e. The lowest BCUT2D eigenvalue weighted by Gasteiger charge is -2.09. The molecule has 0 aliphatic heterocycles. The highest BCUT2D eigenvalue weighted by Crippen LogP contribution is 2.30. The summed E-state index contributed by atoms with van der Waals surface area (Å²) in [5, 5.41) is 19.5. The summed E-state index contributed by atoms with van der Waals surface area (Å²) >= 11 is 0. The summed E-state index contributed by atoms with van der Waals surface area (Å²) < 4.78 is 99.3. The number of amides is 2. The molecule has 6 rings (SSSR count). The van der Waals surface area contributed by atoms with Crippen LogP contribution >= 0.6 is 0 Å². The second kappa shape index (κ2) is 18.1. The van der Waals surface area contributed by atoms with Crippen molar-refractivity contribution in [3.05, 3.63) is 94.7 Å². The molecule has 0 radical (unpaired) electrons. The number of pyridine rings is 2. The van der Waals surface area contributed by atoms with Gasteiger partial charge >= 0.3 is 12.4 Å². The summed E-state index contributed by atoms with van der Waals surface area (Å²) in [4.78, 5) is 41.7. The summed E-state index contributed by atoms with van der Waals surface area (Å²) in [6.07, 6.45) is -6.57. The van der Waals surface area contributed by atoms with E-state index in [2.05, 4.69) is 51.1 Å². The zero-order valence-electron chi connectivity index (χ0n) is 33.1. The predicted molar refractivity (Wildman–Crippen MR) is 194 cm³/mol. The minimum Gasteiger partial charge on any atom is -0.375 e. The van der Waals surface area contributed by atoms with Gasteiger partial charge in [0, 0.05) is 64.0 Å². The van der Waals surface area contributed by atoms with Crippen molar-refractivity contribution in [3.63, 3.8) is 0 Å². The third kappa shape index (κ3) is 10.5. The van der Waals surface area contributed by atoms with Crippen molar-refractivity contribution in [3.8, 4) is 22.8 Å². The maximum atomic E-state index is 12.8. The summed E-state index contributed by atoms with van der Waals surface area (Å²) in [6.45, 7) is 6.82. The van der Waals surface area contributed by atoms with Gasteiger partial charge in [-0.3, -0.25) is 28.9 Å². The second-order valence-electron chi connectivity index (χ2n) is 13.1. The lowest BCUT2D eigenvalue weighted by molar-refractivity contribution is -0.142. The van der Waals surface area contributed by atoms with Crippen LogP contribution in [0.15, 0.2) is 57.8 Å². The van der Waals surface area contributed by atoms with Crippen molar-refractivity contribution in [2.24, 2.45) is 14.1 Å². The number of aromatic nitrogens is 10. The van der Waals surface area contributed by atoms with Crippen LogP contribution in [0.5, 0.6) is 0 Å². The van der Waals surface area contributed by atoms with Gasteiger partial charge in [0.05, 0.1) is 23.6 Å². The van der Waals surface area contributed by atoms with E-state index in [0.717, 1.165) is 9.36 Å². The molecule has 6 aromatic heterocycles. The van der Waals surface area contributed by atoms with Gasteiger partial charge in [-0.2, -0.15) is 46.5 Å². The molecule has 320 valence electrons. The van der Waals surface area contributed by atoms with E-state index in [4.69, 9.17) is 18.5 Å². The van der Waals surface area contributed by atoms with Crippen LogP contribution in [0.25, 0.3) is 22.8 Å². The summed E-state index contributed by atoms with van der Waals surface area (Å²) in [5.74, 6) is -0.777. The quantitative estimate of drug-likeness (QED) is 0.132. The van der Waals surface area contributed by atoms with Gasteiger partial charge in [-0.1, -0.05) is 10.3 Å². The van der Waals surface area contributed by atoms with E-state index in [9.17, 15) is 35.9 Å². The fourth-order valence-electron chi connectivity index (χ4n) is 5.22. The van der Waals surface area contributed by atoms with Gasteiger partial charge in [0.2, 0.25) is 23.4 Å². The second-order valence-corrected chi connectivity index (χ2v) is 13.1. The van der Waals surface area contributed by atoms with Crippen LogP contribution in [0.1, 0.15) is 108 Å². The average molecular weight is 849 g/mol. The van der Waals surface area contributed by atoms with Gasteiger partial charge in [-0.05, 0) is 52.0 Å². The molecular weight excluding hydrogens is 810 g/mol. The Kier molecular flexibility index (Phi) is 13.5. The van der Waals surface area contributed by atoms with E-state index in [-0.39, 0.29) is 47.0 Å². The van der Waals surface area contributed by atoms with Crippen LogP contribution in [0.4, 0.5) is 26.3 Å². The number of carbonyl (C=O) groups excluding carboxylic acids is 2. The topological polar surface area (TPSA) is 216 Å². The summed E-state index contributed by atoms with van der Waals surface area (Å²) in [6, 6.07) is 6.74. The van der Waals surface area contributed by atoms with E-state index in [1.165, 1.54) is 14.1 Å². The highest BCUT2D eigenvalue weighted by molar-refractivity contribution is 5.93. The van der Waals surface area contributed by atoms with Gasteiger partial charge in [-0.15, -0.1) is 0 Å². The number of nitrogens with one attached hydrogen (secondary N) is 2. The molecule has 0 aromatic carbocycles. The molecule has 6 heterocycles. The van der Waals surface area contributed by atoms with Crippen molar-refractivity contribution in [2.75, 3.05) is 14.2 Å². The lowest BCUT2D eigenvalue weighted by atomic mass is 10.1. The van der Waals surface area contributed by atoms with Gasteiger partial charge in [0.1, 0.15) is 23.5 Å². The van der Waals surface area contributed by atoms with Crippen LogP contribution in [0.3, 0.4) is 0 Å². The van der Waals surface area contributed by atoms with Crippen molar-refractivity contribution in [1.29, 1.82) is 0 Å². The number of rotatable bonds is 12. The Labute approximate surface area is 336 Å². The van der Waals surface area contributed by atoms with Gasteiger partial charge < -0.3 is 29.2 Å². The van der Waals surface area contributed by atoms with Crippen LogP contribution in [0.2, 0.25) is 0 Å². The predicted octanol–water partition coefficient (Wildman–Crippen LogP) is 6.16. The highest BCUT2D eigenvalue weighted by atomic mass is 19.4. The van der Waals surface area contributed by atoms with E-state index < -0.39 is 47.6 Å². The monoisotopic (exact) mass is 848 g/mol. The summed E-state index contributed by atoms with van der Waals surface area (Å²) in [5.41, 5.74) is -0.165.